The first-order valence-electron chi connectivity index (χ1n) is 10.5. The average Bonchev–Trinajstić information content (AvgIpc) is 2.78. The van der Waals surface area contributed by atoms with Crippen LogP contribution in [0.5, 0.6) is 5.75 Å². The van der Waals surface area contributed by atoms with Crippen molar-refractivity contribution in [3.63, 3.8) is 0 Å². The molecule has 0 saturated heterocycles. The van der Waals surface area contributed by atoms with Crippen LogP contribution < -0.4 is 14.4 Å². The Morgan fingerprint density at radius 2 is 1.58 bits per heavy atom. The van der Waals surface area contributed by atoms with Crippen molar-refractivity contribution in [3.05, 3.63) is 88.9 Å². The van der Waals surface area contributed by atoms with E-state index in [4.69, 9.17) is 16.3 Å². The monoisotopic (exact) mass is 486 g/mol. The molecule has 1 N–H and O–H groups in total. The highest BCUT2D eigenvalue weighted by Gasteiger charge is 2.28. The van der Waals surface area contributed by atoms with Gasteiger partial charge >= 0.3 is 0 Å². The fourth-order valence-electron chi connectivity index (χ4n) is 3.30. The highest BCUT2D eigenvalue weighted by molar-refractivity contribution is 7.92. The molecule has 1 unspecified atom stereocenters. The van der Waals surface area contributed by atoms with E-state index in [-0.39, 0.29) is 24.1 Å². The number of hydrogen-bond acceptors (Lipinski definition) is 4. The second kappa shape index (κ2) is 10.7. The molecule has 6 nitrogen and oxygen atoms in total. The smallest absolute Gasteiger partial charge is 0.264 e. The van der Waals surface area contributed by atoms with E-state index in [2.05, 4.69) is 5.32 Å². The zero-order chi connectivity index (χ0) is 24.0. The van der Waals surface area contributed by atoms with Crippen molar-refractivity contribution in [2.24, 2.45) is 0 Å². The standard InChI is InChI=1S/C25H27ClN2O4S/c1-18-8-4-6-10-23(18)28(33(30,31)22-14-12-21(26)13-15-22)16-25(29)27-20(3)17-32-24-11-7-5-9-19(24)2/h4-15,20H,16-17H2,1-3H3,(H,27,29). The van der Waals surface area contributed by atoms with Crippen molar-refractivity contribution in [3.8, 4) is 5.75 Å². The number of amides is 1. The van der Waals surface area contributed by atoms with Crippen LogP contribution in [-0.4, -0.2) is 33.5 Å². The third-order valence-corrected chi connectivity index (χ3v) is 7.09. The van der Waals surface area contributed by atoms with Gasteiger partial charge in [-0.15, -0.1) is 0 Å². The lowest BCUT2D eigenvalue weighted by Crippen LogP contribution is -2.45. The lowest BCUT2D eigenvalue weighted by molar-refractivity contribution is -0.120. The Bertz CT molecular complexity index is 1210. The molecular weight excluding hydrogens is 460 g/mol. The molecule has 3 aromatic carbocycles. The van der Waals surface area contributed by atoms with Crippen molar-refractivity contribution >= 4 is 33.2 Å². The van der Waals surface area contributed by atoms with Crippen LogP contribution in [-0.2, 0) is 14.8 Å². The maximum atomic E-state index is 13.4. The molecule has 0 aliphatic carbocycles. The number of anilines is 1. The van der Waals surface area contributed by atoms with Gasteiger partial charge in [0.1, 0.15) is 18.9 Å². The van der Waals surface area contributed by atoms with Gasteiger partial charge in [-0.25, -0.2) is 8.42 Å². The molecule has 0 aromatic heterocycles. The number of halogens is 1. The number of para-hydroxylation sites is 2. The summed E-state index contributed by atoms with van der Waals surface area (Å²) in [5.41, 5.74) is 2.17. The Balaban J connectivity index is 1.77. The van der Waals surface area contributed by atoms with Crippen molar-refractivity contribution in [2.45, 2.75) is 31.7 Å². The topological polar surface area (TPSA) is 75.7 Å². The first kappa shape index (κ1) is 24.6. The first-order valence-corrected chi connectivity index (χ1v) is 12.3. The van der Waals surface area contributed by atoms with Gasteiger partial charge in [-0.05, 0) is 68.3 Å². The summed E-state index contributed by atoms with van der Waals surface area (Å²) in [6.45, 7) is 5.44. The predicted octanol–water partition coefficient (Wildman–Crippen LogP) is 4.74. The molecule has 0 radical (unpaired) electrons. The normalized spacial score (nSPS) is 12.1. The van der Waals surface area contributed by atoms with E-state index in [1.807, 2.05) is 44.2 Å². The molecular formula is C25H27ClN2O4S. The number of sulfonamides is 1. The van der Waals surface area contributed by atoms with Gasteiger partial charge in [0.25, 0.3) is 10.0 Å². The number of nitrogens with one attached hydrogen (secondary N) is 1. The Kier molecular flexibility index (Phi) is 8.00. The first-order chi connectivity index (χ1) is 15.7. The summed E-state index contributed by atoms with van der Waals surface area (Å²) in [6.07, 6.45) is 0. The molecule has 0 aliphatic heterocycles. The minimum absolute atomic E-state index is 0.0545. The second-order valence-corrected chi connectivity index (χ2v) is 10.1. The molecule has 0 spiro atoms. The molecule has 1 amide bonds. The minimum Gasteiger partial charge on any atom is -0.491 e. The zero-order valence-electron chi connectivity index (χ0n) is 18.8. The fraction of sp³-hybridized carbons (Fsp3) is 0.240. The lowest BCUT2D eigenvalue weighted by atomic mass is 10.2. The van der Waals surface area contributed by atoms with Crippen molar-refractivity contribution in [1.29, 1.82) is 0 Å². The molecule has 33 heavy (non-hydrogen) atoms. The van der Waals surface area contributed by atoms with E-state index in [9.17, 15) is 13.2 Å². The van der Waals surface area contributed by atoms with Gasteiger partial charge in [0, 0.05) is 5.02 Å². The van der Waals surface area contributed by atoms with Gasteiger partial charge < -0.3 is 10.1 Å². The average molecular weight is 487 g/mol. The molecule has 0 aliphatic rings. The van der Waals surface area contributed by atoms with Crippen LogP contribution >= 0.6 is 11.6 Å². The molecule has 0 bridgehead atoms. The summed E-state index contributed by atoms with van der Waals surface area (Å²) in [7, 11) is -4.00. The van der Waals surface area contributed by atoms with Crippen LogP contribution in [0.3, 0.4) is 0 Å². The molecule has 174 valence electrons. The van der Waals surface area contributed by atoms with E-state index in [1.54, 1.807) is 25.1 Å². The van der Waals surface area contributed by atoms with Crippen molar-refractivity contribution in [1.82, 2.24) is 5.32 Å². The Morgan fingerprint density at radius 1 is 0.970 bits per heavy atom. The Hall–Kier alpha value is -3.03. The molecule has 3 rings (SSSR count). The van der Waals surface area contributed by atoms with Gasteiger partial charge in [-0.3, -0.25) is 9.10 Å². The Morgan fingerprint density at radius 3 is 2.21 bits per heavy atom. The number of aryl methyl sites for hydroxylation is 2. The number of benzene rings is 3. The van der Waals surface area contributed by atoms with Crippen molar-refractivity contribution < 1.29 is 17.9 Å². The quantitative estimate of drug-likeness (QED) is 0.474. The van der Waals surface area contributed by atoms with E-state index >= 15 is 0 Å². The number of carbonyl (C=O) groups excluding carboxylic acids is 1. The predicted molar refractivity (Wildman–Crippen MR) is 131 cm³/mol. The molecule has 1 atom stereocenters. The molecule has 8 heteroatoms. The molecule has 3 aromatic rings. The van der Waals surface area contributed by atoms with Gasteiger partial charge in [-0.2, -0.15) is 0 Å². The largest absolute Gasteiger partial charge is 0.491 e. The van der Waals surface area contributed by atoms with E-state index in [0.29, 0.717) is 10.7 Å². The number of nitrogens with zero attached hydrogens (tertiary/aromatic N) is 1. The summed E-state index contributed by atoms with van der Waals surface area (Å²) in [6, 6.07) is 20.2. The van der Waals surface area contributed by atoms with Gasteiger partial charge in [-0.1, -0.05) is 48.0 Å². The number of hydrogen-bond donors (Lipinski definition) is 1. The SMILES string of the molecule is Cc1ccccc1OCC(C)NC(=O)CN(c1ccccc1C)S(=O)(=O)c1ccc(Cl)cc1. The Labute approximate surface area is 200 Å². The van der Waals surface area contributed by atoms with Crippen molar-refractivity contribution in [2.75, 3.05) is 17.5 Å². The van der Waals surface area contributed by atoms with Gasteiger partial charge in [0.05, 0.1) is 16.6 Å². The van der Waals surface area contributed by atoms with Gasteiger partial charge in [0.2, 0.25) is 5.91 Å². The maximum Gasteiger partial charge on any atom is 0.264 e. The summed E-state index contributed by atoms with van der Waals surface area (Å²) in [5, 5.41) is 3.26. The minimum atomic E-state index is -4.00. The third-order valence-electron chi connectivity index (χ3n) is 5.06. The third kappa shape index (κ3) is 6.27. The highest BCUT2D eigenvalue weighted by atomic mass is 35.5. The zero-order valence-corrected chi connectivity index (χ0v) is 20.4. The molecule has 0 saturated carbocycles. The lowest BCUT2D eigenvalue weighted by Gasteiger charge is -2.26. The van der Waals surface area contributed by atoms with Crippen LogP contribution in [0.2, 0.25) is 5.02 Å². The summed E-state index contributed by atoms with van der Waals surface area (Å²) < 4.78 is 33.8. The maximum absolute atomic E-state index is 13.4. The van der Waals surface area contributed by atoms with E-state index < -0.39 is 15.9 Å². The number of carbonyl (C=O) groups is 1. The van der Waals surface area contributed by atoms with Crippen LogP contribution in [0.15, 0.2) is 77.7 Å². The van der Waals surface area contributed by atoms with E-state index in [1.165, 1.54) is 24.3 Å². The highest BCUT2D eigenvalue weighted by Crippen LogP contribution is 2.27. The number of rotatable bonds is 9. The van der Waals surface area contributed by atoms with E-state index in [0.717, 1.165) is 21.2 Å². The number of ether oxygens (including phenoxy) is 1. The fourth-order valence-corrected chi connectivity index (χ4v) is 4.91. The van der Waals surface area contributed by atoms with Crippen LogP contribution in [0.1, 0.15) is 18.1 Å². The summed E-state index contributed by atoms with van der Waals surface area (Å²) in [4.78, 5) is 12.9. The molecule has 0 heterocycles. The van der Waals surface area contributed by atoms with Crippen LogP contribution in [0.4, 0.5) is 5.69 Å². The van der Waals surface area contributed by atoms with Gasteiger partial charge in [0.15, 0.2) is 0 Å². The summed E-state index contributed by atoms with van der Waals surface area (Å²) in [5.74, 6) is 0.308. The van der Waals surface area contributed by atoms with Crippen LogP contribution in [0.25, 0.3) is 0 Å². The second-order valence-electron chi connectivity index (χ2n) is 7.80. The molecule has 0 fully saturated rings. The van der Waals surface area contributed by atoms with Crippen LogP contribution in [0, 0.1) is 13.8 Å². The summed E-state index contributed by atoms with van der Waals surface area (Å²) >= 11 is 5.92.